The Labute approximate surface area is 113 Å². The van der Waals surface area contributed by atoms with Gasteiger partial charge in [-0.25, -0.2) is 9.97 Å². The van der Waals surface area contributed by atoms with Crippen LogP contribution in [0, 0.1) is 12.8 Å². The van der Waals surface area contributed by atoms with Crippen molar-refractivity contribution >= 4 is 16.9 Å². The van der Waals surface area contributed by atoms with Gasteiger partial charge in [-0.1, -0.05) is 12.1 Å². The van der Waals surface area contributed by atoms with Crippen LogP contribution in [0.25, 0.3) is 11.0 Å². The van der Waals surface area contributed by atoms with Crippen molar-refractivity contribution < 1.29 is 0 Å². The monoisotopic (exact) mass is 256 g/mol. The molecule has 2 aromatic rings. The molecule has 100 valence electrons. The summed E-state index contributed by atoms with van der Waals surface area (Å²) in [5, 5.41) is 0. The average molecular weight is 256 g/mol. The number of benzene rings is 1. The van der Waals surface area contributed by atoms with Crippen LogP contribution in [-0.2, 0) is 0 Å². The first kappa shape index (κ1) is 12.4. The Morgan fingerprint density at radius 2 is 1.89 bits per heavy atom. The number of nitrogens with two attached hydrogens (primary N) is 1. The summed E-state index contributed by atoms with van der Waals surface area (Å²) in [4.78, 5) is 11.6. The lowest BCUT2D eigenvalue weighted by molar-refractivity contribution is 0.565. The summed E-state index contributed by atoms with van der Waals surface area (Å²) in [6.45, 7) is 2.70. The molecule has 1 heterocycles. The van der Waals surface area contributed by atoms with Crippen molar-refractivity contribution in [2.75, 3.05) is 18.5 Å². The largest absolute Gasteiger partial charge is 0.354 e. The highest BCUT2D eigenvalue weighted by Crippen LogP contribution is 2.36. The number of hydrogen-bond donors (Lipinski definition) is 1. The lowest BCUT2D eigenvalue weighted by atomic mass is 10.1. The van der Waals surface area contributed by atoms with Crippen LogP contribution in [0.5, 0.6) is 0 Å². The number of nitrogens with zero attached hydrogens (tertiary/aromatic N) is 3. The second-order valence-corrected chi connectivity index (χ2v) is 5.37. The maximum atomic E-state index is 5.92. The molecule has 0 radical (unpaired) electrons. The second kappa shape index (κ2) is 4.78. The van der Waals surface area contributed by atoms with Crippen LogP contribution in [0.4, 0.5) is 5.82 Å². The maximum absolute atomic E-state index is 5.92. The molecule has 4 nitrogen and oxygen atoms in total. The molecule has 1 aromatic carbocycles. The van der Waals surface area contributed by atoms with Gasteiger partial charge in [-0.05, 0) is 37.8 Å². The molecule has 1 atom stereocenters. The van der Waals surface area contributed by atoms with E-state index < -0.39 is 0 Å². The molecule has 19 heavy (non-hydrogen) atoms. The van der Waals surface area contributed by atoms with Gasteiger partial charge in [0.25, 0.3) is 0 Å². The Balaban J connectivity index is 2.00. The van der Waals surface area contributed by atoms with Gasteiger partial charge in [0.2, 0.25) is 0 Å². The van der Waals surface area contributed by atoms with Gasteiger partial charge in [0.15, 0.2) is 5.82 Å². The summed E-state index contributed by atoms with van der Waals surface area (Å²) in [5.41, 5.74) is 8.79. The summed E-state index contributed by atoms with van der Waals surface area (Å²) >= 11 is 0. The zero-order chi connectivity index (χ0) is 13.4. The van der Waals surface area contributed by atoms with Crippen LogP contribution in [0.3, 0.4) is 0 Å². The van der Waals surface area contributed by atoms with Crippen molar-refractivity contribution in [2.45, 2.75) is 25.8 Å². The maximum Gasteiger partial charge on any atom is 0.150 e. The van der Waals surface area contributed by atoms with Crippen molar-refractivity contribution in [3.63, 3.8) is 0 Å². The molecule has 1 aliphatic rings. The minimum absolute atomic E-state index is 0.383. The van der Waals surface area contributed by atoms with Gasteiger partial charge in [0, 0.05) is 19.6 Å². The Kier molecular flexibility index (Phi) is 3.11. The molecule has 0 amide bonds. The highest BCUT2D eigenvalue weighted by atomic mass is 15.2. The van der Waals surface area contributed by atoms with Crippen LogP contribution < -0.4 is 10.6 Å². The summed E-state index contributed by atoms with van der Waals surface area (Å²) in [5.74, 6) is 1.68. The van der Waals surface area contributed by atoms with Crippen molar-refractivity contribution in [1.29, 1.82) is 0 Å². The van der Waals surface area contributed by atoms with Gasteiger partial charge < -0.3 is 10.6 Å². The first-order chi connectivity index (χ1) is 9.20. The third-order valence-electron chi connectivity index (χ3n) is 3.96. The fourth-order valence-corrected chi connectivity index (χ4v) is 2.72. The summed E-state index contributed by atoms with van der Waals surface area (Å²) in [6, 6.07) is 8.38. The number of rotatable bonds is 4. The van der Waals surface area contributed by atoms with Gasteiger partial charge in [0.05, 0.1) is 16.7 Å². The fraction of sp³-hybridized carbons (Fsp3) is 0.467. The number of aromatic nitrogens is 2. The van der Waals surface area contributed by atoms with Gasteiger partial charge in [0.1, 0.15) is 0 Å². The second-order valence-electron chi connectivity index (χ2n) is 5.37. The molecule has 1 aliphatic carbocycles. The van der Waals surface area contributed by atoms with Gasteiger partial charge >= 0.3 is 0 Å². The quantitative estimate of drug-likeness (QED) is 0.910. The van der Waals surface area contributed by atoms with E-state index >= 15 is 0 Å². The highest BCUT2D eigenvalue weighted by Gasteiger charge is 2.34. The molecular formula is C15H20N4. The molecule has 0 saturated heterocycles. The van der Waals surface area contributed by atoms with E-state index in [1.54, 1.807) is 0 Å². The lowest BCUT2D eigenvalue weighted by Crippen LogP contribution is -2.40. The standard InChI is InChI=1S/C15H20N4/c1-10-15(19(2)14(9-16)11-7-8-11)18-13-6-4-3-5-12(13)17-10/h3-6,11,14H,7-9,16H2,1-2H3. The number of fused-ring (bicyclic) bond motifs is 1. The van der Waals surface area contributed by atoms with E-state index in [0.29, 0.717) is 12.6 Å². The van der Waals surface area contributed by atoms with E-state index in [9.17, 15) is 0 Å². The number of likely N-dealkylation sites (N-methyl/N-ethyl adjacent to an activating group) is 1. The molecule has 0 spiro atoms. The number of hydrogen-bond acceptors (Lipinski definition) is 4. The predicted molar refractivity (Wildman–Crippen MR) is 78.2 cm³/mol. The van der Waals surface area contributed by atoms with E-state index in [1.165, 1.54) is 12.8 Å². The van der Waals surface area contributed by atoms with Crippen molar-refractivity contribution in [1.82, 2.24) is 9.97 Å². The highest BCUT2D eigenvalue weighted by molar-refractivity contribution is 5.76. The zero-order valence-corrected chi connectivity index (χ0v) is 11.5. The molecule has 0 aliphatic heterocycles. The molecule has 3 rings (SSSR count). The van der Waals surface area contributed by atoms with Crippen LogP contribution in [-0.4, -0.2) is 29.6 Å². The number of anilines is 1. The molecule has 1 fully saturated rings. The number of para-hydroxylation sites is 2. The average Bonchev–Trinajstić information content (AvgIpc) is 3.23. The third kappa shape index (κ3) is 2.28. The van der Waals surface area contributed by atoms with Crippen LogP contribution in [0.1, 0.15) is 18.5 Å². The normalized spacial score (nSPS) is 16.6. The van der Waals surface area contributed by atoms with E-state index in [2.05, 4.69) is 16.9 Å². The van der Waals surface area contributed by atoms with Crippen LogP contribution >= 0.6 is 0 Å². The van der Waals surface area contributed by atoms with Crippen molar-refractivity contribution in [2.24, 2.45) is 11.7 Å². The molecule has 1 unspecified atom stereocenters. The Bertz CT molecular complexity index is 592. The first-order valence-electron chi connectivity index (χ1n) is 6.87. The number of aryl methyl sites for hydroxylation is 1. The summed E-state index contributed by atoms with van der Waals surface area (Å²) < 4.78 is 0. The molecule has 2 N–H and O–H groups in total. The van der Waals surface area contributed by atoms with E-state index in [1.807, 2.05) is 31.2 Å². The molecule has 1 saturated carbocycles. The Hall–Kier alpha value is -1.68. The first-order valence-corrected chi connectivity index (χ1v) is 6.87. The van der Waals surface area contributed by atoms with Crippen molar-refractivity contribution in [3.05, 3.63) is 30.0 Å². The van der Waals surface area contributed by atoms with Crippen LogP contribution in [0.15, 0.2) is 24.3 Å². The van der Waals surface area contributed by atoms with Crippen LogP contribution in [0.2, 0.25) is 0 Å². The van der Waals surface area contributed by atoms with Gasteiger partial charge in [-0.2, -0.15) is 0 Å². The van der Waals surface area contributed by atoms with E-state index in [-0.39, 0.29) is 0 Å². The molecule has 4 heteroatoms. The van der Waals surface area contributed by atoms with Crippen molar-refractivity contribution in [3.8, 4) is 0 Å². The summed E-state index contributed by atoms with van der Waals surface area (Å²) in [7, 11) is 2.08. The van der Waals surface area contributed by atoms with E-state index in [4.69, 9.17) is 10.7 Å². The third-order valence-corrected chi connectivity index (χ3v) is 3.96. The minimum atomic E-state index is 0.383. The Morgan fingerprint density at radius 3 is 2.47 bits per heavy atom. The fourth-order valence-electron chi connectivity index (χ4n) is 2.72. The molecule has 1 aromatic heterocycles. The SMILES string of the molecule is Cc1nc2ccccc2nc1N(C)C(CN)C1CC1. The Morgan fingerprint density at radius 1 is 1.26 bits per heavy atom. The minimum Gasteiger partial charge on any atom is -0.354 e. The lowest BCUT2D eigenvalue weighted by Gasteiger charge is -2.29. The predicted octanol–water partition coefficient (Wildman–Crippen LogP) is 2.11. The zero-order valence-electron chi connectivity index (χ0n) is 11.5. The van der Waals surface area contributed by atoms with E-state index in [0.717, 1.165) is 28.5 Å². The topological polar surface area (TPSA) is 55.0 Å². The van der Waals surface area contributed by atoms with Gasteiger partial charge in [-0.15, -0.1) is 0 Å². The van der Waals surface area contributed by atoms with Gasteiger partial charge in [-0.3, -0.25) is 0 Å². The summed E-state index contributed by atoms with van der Waals surface area (Å²) in [6.07, 6.45) is 2.57. The molecular weight excluding hydrogens is 236 g/mol. The smallest absolute Gasteiger partial charge is 0.150 e. The molecule has 0 bridgehead atoms.